The number of likely N-dealkylation sites (tertiary alicyclic amines) is 1. The van der Waals surface area contributed by atoms with Crippen LogP contribution in [0.1, 0.15) is 43.2 Å². The molecule has 7 rings (SSSR count). The van der Waals surface area contributed by atoms with Crippen LogP contribution >= 0.6 is 11.6 Å². The van der Waals surface area contributed by atoms with Crippen LogP contribution in [0.5, 0.6) is 5.75 Å². The smallest absolute Gasteiger partial charge is 0.246 e. The summed E-state index contributed by atoms with van der Waals surface area (Å²) in [7, 11) is 0. The number of anilines is 1. The number of allylic oxidation sites excluding steroid dienone is 2. The molecule has 0 radical (unpaired) electrons. The number of carbonyl (C=O) groups is 4. The van der Waals surface area contributed by atoms with Gasteiger partial charge in [-0.2, -0.15) is 0 Å². The molecule has 8 heteroatoms. The quantitative estimate of drug-likeness (QED) is 0.306. The normalized spacial score (nSPS) is 29.8. The zero-order chi connectivity index (χ0) is 30.0. The van der Waals surface area contributed by atoms with Crippen LogP contribution in [0.3, 0.4) is 0 Å². The molecule has 2 saturated heterocycles. The van der Waals surface area contributed by atoms with Gasteiger partial charge in [0.25, 0.3) is 0 Å². The standard InChI is InChI=1S/C35H31ClN2O5/c1-2-16-37-31(40)26-15-14-25-27(29(26)33(37)42)19-28-32(41)38(23-12-7-11-22(36)18-23)34(43)35(28,21-9-4-3-5-10-21)30(25)20-8-6-13-24(39)17-20/h3-14,17-18,26-30,39H,2,15-16,19H2,1H3. The van der Waals surface area contributed by atoms with E-state index < -0.39 is 35.0 Å². The molecule has 2 aliphatic carbocycles. The molecule has 43 heavy (non-hydrogen) atoms. The van der Waals surface area contributed by atoms with Gasteiger partial charge in [0.1, 0.15) is 5.75 Å². The maximum atomic E-state index is 15.1. The number of hydrogen-bond donors (Lipinski definition) is 1. The number of phenols is 1. The van der Waals surface area contributed by atoms with Crippen LogP contribution in [0.4, 0.5) is 5.69 Å². The van der Waals surface area contributed by atoms with E-state index in [1.807, 2.05) is 49.4 Å². The Balaban J connectivity index is 1.49. The van der Waals surface area contributed by atoms with Crippen LogP contribution in [-0.2, 0) is 24.6 Å². The summed E-state index contributed by atoms with van der Waals surface area (Å²) in [5.74, 6) is -4.02. The summed E-state index contributed by atoms with van der Waals surface area (Å²) in [6.07, 6.45) is 3.32. The van der Waals surface area contributed by atoms with E-state index >= 15 is 4.79 Å². The van der Waals surface area contributed by atoms with Crippen molar-refractivity contribution in [3.63, 3.8) is 0 Å². The first-order chi connectivity index (χ1) is 20.8. The monoisotopic (exact) mass is 594 g/mol. The molecule has 7 nitrogen and oxygen atoms in total. The molecule has 6 atom stereocenters. The van der Waals surface area contributed by atoms with Crippen LogP contribution in [0.2, 0.25) is 5.02 Å². The van der Waals surface area contributed by atoms with Gasteiger partial charge in [-0.05, 0) is 66.6 Å². The van der Waals surface area contributed by atoms with Crippen molar-refractivity contribution >= 4 is 40.9 Å². The maximum Gasteiger partial charge on any atom is 0.246 e. The third-order valence-electron chi connectivity index (χ3n) is 9.91. The molecule has 0 spiro atoms. The van der Waals surface area contributed by atoms with Crippen molar-refractivity contribution in [1.82, 2.24) is 4.90 Å². The molecule has 4 aliphatic rings. The van der Waals surface area contributed by atoms with Crippen LogP contribution in [-0.4, -0.2) is 40.2 Å². The van der Waals surface area contributed by atoms with Gasteiger partial charge in [-0.25, -0.2) is 4.90 Å². The largest absolute Gasteiger partial charge is 0.508 e. The summed E-state index contributed by atoms with van der Waals surface area (Å²) >= 11 is 6.33. The van der Waals surface area contributed by atoms with Crippen molar-refractivity contribution in [2.24, 2.45) is 23.7 Å². The summed E-state index contributed by atoms with van der Waals surface area (Å²) in [6, 6.07) is 22.9. The highest BCUT2D eigenvalue weighted by atomic mass is 35.5. The number of amides is 4. The number of aromatic hydroxyl groups is 1. The first-order valence-corrected chi connectivity index (χ1v) is 15.2. The predicted molar refractivity (Wildman–Crippen MR) is 161 cm³/mol. The number of benzene rings is 3. The first kappa shape index (κ1) is 27.6. The number of rotatable bonds is 5. The molecule has 218 valence electrons. The van der Waals surface area contributed by atoms with E-state index in [0.29, 0.717) is 41.2 Å². The van der Waals surface area contributed by atoms with Crippen molar-refractivity contribution in [3.8, 4) is 5.75 Å². The number of halogens is 1. The molecular formula is C35H31ClN2O5. The van der Waals surface area contributed by atoms with Gasteiger partial charge in [0.05, 0.1) is 28.9 Å². The predicted octanol–water partition coefficient (Wildman–Crippen LogP) is 5.62. The highest BCUT2D eigenvalue weighted by Gasteiger charge is 2.70. The van der Waals surface area contributed by atoms with E-state index in [9.17, 15) is 19.5 Å². The Labute approximate surface area is 254 Å². The number of carbonyl (C=O) groups excluding carboxylic acids is 4. The van der Waals surface area contributed by atoms with Crippen molar-refractivity contribution in [2.75, 3.05) is 11.4 Å². The SMILES string of the molecule is CCCN1C(=O)C2CC=C3C(CC4C(=O)N(c5cccc(Cl)c5)C(=O)C4(c4ccccc4)C3c3cccc(O)c3)C2C1=O. The van der Waals surface area contributed by atoms with Gasteiger partial charge < -0.3 is 5.11 Å². The fraction of sp³-hybridized carbons (Fsp3) is 0.314. The van der Waals surface area contributed by atoms with E-state index in [4.69, 9.17) is 11.6 Å². The molecule has 3 aromatic rings. The summed E-state index contributed by atoms with van der Waals surface area (Å²) in [5.41, 5.74) is 1.29. The molecule has 0 aromatic heterocycles. The average Bonchev–Trinajstić information content (AvgIpc) is 3.38. The van der Waals surface area contributed by atoms with Crippen molar-refractivity contribution in [3.05, 3.63) is 107 Å². The topological polar surface area (TPSA) is 95.0 Å². The van der Waals surface area contributed by atoms with Crippen LogP contribution < -0.4 is 4.90 Å². The highest BCUT2D eigenvalue weighted by molar-refractivity contribution is 6.32. The van der Waals surface area contributed by atoms with Crippen molar-refractivity contribution < 1.29 is 24.3 Å². The zero-order valence-corrected chi connectivity index (χ0v) is 24.4. The third kappa shape index (κ3) is 3.87. The Kier molecular flexibility index (Phi) is 6.54. The molecule has 1 saturated carbocycles. The Bertz CT molecular complexity index is 1700. The summed E-state index contributed by atoms with van der Waals surface area (Å²) < 4.78 is 0. The van der Waals surface area contributed by atoms with E-state index in [2.05, 4.69) is 0 Å². The number of nitrogens with zero attached hydrogens (tertiary/aromatic N) is 2. The number of phenolic OH excluding ortho intramolecular Hbond substituents is 1. The van der Waals surface area contributed by atoms with Crippen LogP contribution in [0.15, 0.2) is 90.5 Å². The average molecular weight is 595 g/mol. The zero-order valence-electron chi connectivity index (χ0n) is 23.7. The maximum absolute atomic E-state index is 15.1. The molecule has 6 unspecified atom stereocenters. The lowest BCUT2D eigenvalue weighted by molar-refractivity contribution is -0.140. The minimum atomic E-state index is -1.35. The van der Waals surface area contributed by atoms with Crippen LogP contribution in [0.25, 0.3) is 0 Å². The molecule has 3 aromatic carbocycles. The second-order valence-corrected chi connectivity index (χ2v) is 12.5. The second-order valence-electron chi connectivity index (χ2n) is 12.0. The fourth-order valence-corrected chi connectivity index (χ4v) is 8.52. The lowest BCUT2D eigenvalue weighted by Gasteiger charge is -2.50. The molecule has 2 heterocycles. The minimum absolute atomic E-state index is 0.0402. The number of fused-ring (bicyclic) bond motifs is 4. The molecule has 4 amide bonds. The van der Waals surface area contributed by atoms with Gasteiger partial charge in [0.15, 0.2) is 0 Å². The summed E-state index contributed by atoms with van der Waals surface area (Å²) in [5, 5.41) is 11.0. The lowest BCUT2D eigenvalue weighted by Crippen LogP contribution is -2.53. The van der Waals surface area contributed by atoms with Gasteiger partial charge in [-0.3, -0.25) is 24.1 Å². The number of hydrogen-bond acceptors (Lipinski definition) is 5. The highest BCUT2D eigenvalue weighted by Crippen LogP contribution is 2.64. The van der Waals surface area contributed by atoms with Crippen molar-refractivity contribution in [1.29, 1.82) is 0 Å². The summed E-state index contributed by atoms with van der Waals surface area (Å²) in [4.78, 5) is 59.6. The fourth-order valence-electron chi connectivity index (χ4n) is 8.33. The van der Waals surface area contributed by atoms with Gasteiger partial charge in [0, 0.05) is 17.5 Å². The molecular weight excluding hydrogens is 564 g/mol. The molecule has 0 bridgehead atoms. The van der Waals surface area contributed by atoms with Crippen molar-refractivity contribution in [2.45, 2.75) is 37.5 Å². The number of imide groups is 2. The van der Waals surface area contributed by atoms with Gasteiger partial charge in [-0.1, -0.05) is 78.7 Å². The summed E-state index contributed by atoms with van der Waals surface area (Å²) in [6.45, 7) is 2.30. The van der Waals surface area contributed by atoms with E-state index in [1.54, 1.807) is 42.5 Å². The third-order valence-corrected chi connectivity index (χ3v) is 10.1. The lowest BCUT2D eigenvalue weighted by atomic mass is 9.49. The van der Waals surface area contributed by atoms with Gasteiger partial charge in [-0.15, -0.1) is 0 Å². The Morgan fingerprint density at radius 1 is 0.884 bits per heavy atom. The Morgan fingerprint density at radius 3 is 2.37 bits per heavy atom. The second kappa shape index (κ2) is 10.2. The molecule has 1 N–H and O–H groups in total. The Morgan fingerprint density at radius 2 is 1.65 bits per heavy atom. The first-order valence-electron chi connectivity index (χ1n) is 14.8. The molecule has 2 aliphatic heterocycles. The van der Waals surface area contributed by atoms with Crippen LogP contribution in [0, 0.1) is 23.7 Å². The van der Waals surface area contributed by atoms with E-state index in [0.717, 1.165) is 5.57 Å². The molecule has 3 fully saturated rings. The Hall–Kier alpha value is -4.23. The van der Waals surface area contributed by atoms with E-state index in [-0.39, 0.29) is 35.8 Å². The minimum Gasteiger partial charge on any atom is -0.508 e. The van der Waals surface area contributed by atoms with Gasteiger partial charge >= 0.3 is 0 Å². The van der Waals surface area contributed by atoms with Gasteiger partial charge in [0.2, 0.25) is 23.6 Å². The van der Waals surface area contributed by atoms with E-state index in [1.165, 1.54) is 9.80 Å².